The maximum absolute atomic E-state index is 12.1. The first-order chi connectivity index (χ1) is 10.6. The molecule has 0 aliphatic heterocycles. The summed E-state index contributed by atoms with van der Waals surface area (Å²) in [5.41, 5.74) is 5.23. The third kappa shape index (κ3) is 3.17. The Bertz CT molecular complexity index is 820. The molecule has 2 N–H and O–H groups in total. The number of hydrogen-bond donors (Lipinski definition) is 2. The highest BCUT2D eigenvalue weighted by Crippen LogP contribution is 2.14. The molecule has 4 heteroatoms. The minimum Gasteiger partial charge on any atom is -0.352 e. The van der Waals surface area contributed by atoms with E-state index in [1.54, 1.807) is 0 Å². The lowest BCUT2D eigenvalue weighted by Crippen LogP contribution is -2.24. The lowest BCUT2D eigenvalue weighted by molar-refractivity contribution is -0.120. The number of carbonyl (C=O) groups is 1. The van der Waals surface area contributed by atoms with Gasteiger partial charge >= 0.3 is 0 Å². The van der Waals surface area contributed by atoms with E-state index in [1.807, 2.05) is 43.3 Å². The maximum atomic E-state index is 12.1. The molecule has 0 saturated heterocycles. The second kappa shape index (κ2) is 6.02. The van der Waals surface area contributed by atoms with Crippen molar-refractivity contribution in [3.63, 3.8) is 0 Å². The fourth-order valence-electron chi connectivity index (χ4n) is 2.54. The van der Waals surface area contributed by atoms with E-state index in [4.69, 9.17) is 0 Å². The van der Waals surface area contributed by atoms with Crippen molar-refractivity contribution in [1.82, 2.24) is 15.3 Å². The summed E-state index contributed by atoms with van der Waals surface area (Å²) < 4.78 is 0. The summed E-state index contributed by atoms with van der Waals surface area (Å²) in [6, 6.07) is 14.0. The molecule has 0 aliphatic carbocycles. The van der Waals surface area contributed by atoms with Crippen LogP contribution in [-0.2, 0) is 17.8 Å². The predicted octanol–water partition coefficient (Wildman–Crippen LogP) is 3.04. The topological polar surface area (TPSA) is 57.8 Å². The molecule has 0 fully saturated rings. The summed E-state index contributed by atoms with van der Waals surface area (Å²) in [7, 11) is 0. The molecule has 22 heavy (non-hydrogen) atoms. The normalized spacial score (nSPS) is 10.8. The van der Waals surface area contributed by atoms with Crippen LogP contribution < -0.4 is 5.32 Å². The van der Waals surface area contributed by atoms with Crippen LogP contribution in [0.15, 0.2) is 42.5 Å². The van der Waals surface area contributed by atoms with Gasteiger partial charge in [-0.05, 0) is 42.7 Å². The molecule has 0 bridgehead atoms. The van der Waals surface area contributed by atoms with E-state index >= 15 is 0 Å². The van der Waals surface area contributed by atoms with E-state index in [0.717, 1.165) is 28.0 Å². The Labute approximate surface area is 129 Å². The monoisotopic (exact) mass is 293 g/mol. The van der Waals surface area contributed by atoms with Crippen LogP contribution >= 0.6 is 0 Å². The molecule has 0 atom stereocenters. The maximum Gasteiger partial charge on any atom is 0.224 e. The van der Waals surface area contributed by atoms with Crippen LogP contribution in [0.25, 0.3) is 11.0 Å². The van der Waals surface area contributed by atoms with Crippen molar-refractivity contribution in [1.29, 1.82) is 0 Å². The van der Waals surface area contributed by atoms with Gasteiger partial charge in [-0.3, -0.25) is 4.79 Å². The Morgan fingerprint density at radius 3 is 2.82 bits per heavy atom. The van der Waals surface area contributed by atoms with Crippen molar-refractivity contribution >= 4 is 16.9 Å². The summed E-state index contributed by atoms with van der Waals surface area (Å²) in [6.45, 7) is 4.54. The zero-order valence-corrected chi connectivity index (χ0v) is 12.8. The number of nitrogens with zero attached hydrogens (tertiary/aromatic N) is 1. The molecule has 3 aromatic rings. The van der Waals surface area contributed by atoms with Crippen LogP contribution in [0.3, 0.4) is 0 Å². The van der Waals surface area contributed by atoms with Crippen LogP contribution in [0.2, 0.25) is 0 Å². The minimum atomic E-state index is 0.0267. The number of aryl methyl sites for hydroxylation is 2. The number of fused-ring (bicyclic) bond motifs is 1. The van der Waals surface area contributed by atoms with Crippen molar-refractivity contribution in [3.8, 4) is 0 Å². The Morgan fingerprint density at radius 2 is 2.00 bits per heavy atom. The summed E-state index contributed by atoms with van der Waals surface area (Å²) in [5, 5.41) is 2.98. The smallest absolute Gasteiger partial charge is 0.224 e. The van der Waals surface area contributed by atoms with Gasteiger partial charge in [0.1, 0.15) is 5.82 Å². The lowest BCUT2D eigenvalue weighted by atomic mass is 10.1. The van der Waals surface area contributed by atoms with Gasteiger partial charge in [-0.25, -0.2) is 4.98 Å². The average Bonchev–Trinajstić information content (AvgIpc) is 2.86. The molecule has 0 aliphatic rings. The summed E-state index contributed by atoms with van der Waals surface area (Å²) in [5.74, 6) is 0.912. The third-order valence-electron chi connectivity index (χ3n) is 3.77. The summed E-state index contributed by atoms with van der Waals surface area (Å²) in [4.78, 5) is 19.7. The van der Waals surface area contributed by atoms with Gasteiger partial charge in [0, 0.05) is 6.54 Å². The third-order valence-corrected chi connectivity index (χ3v) is 3.77. The van der Waals surface area contributed by atoms with E-state index in [2.05, 4.69) is 28.3 Å². The first-order valence-corrected chi connectivity index (χ1v) is 7.38. The minimum absolute atomic E-state index is 0.0267. The van der Waals surface area contributed by atoms with Gasteiger partial charge < -0.3 is 10.3 Å². The molecule has 0 spiro atoms. The number of amides is 1. The summed E-state index contributed by atoms with van der Waals surface area (Å²) >= 11 is 0. The number of aromatic nitrogens is 2. The molecule has 0 saturated carbocycles. The average molecular weight is 293 g/mol. The van der Waals surface area contributed by atoms with Crippen LogP contribution in [0.1, 0.15) is 22.5 Å². The Morgan fingerprint density at radius 1 is 1.18 bits per heavy atom. The first-order valence-electron chi connectivity index (χ1n) is 7.38. The number of rotatable bonds is 4. The van der Waals surface area contributed by atoms with E-state index in [1.165, 1.54) is 5.56 Å². The molecule has 1 aromatic heterocycles. The zero-order chi connectivity index (χ0) is 15.5. The Kier molecular flexibility index (Phi) is 3.92. The molecule has 0 radical (unpaired) electrons. The SMILES string of the molecule is Cc1nc2ccc(CC(=O)NCc3ccccc3C)cc2[nH]1. The van der Waals surface area contributed by atoms with Crippen molar-refractivity contribution < 1.29 is 4.79 Å². The van der Waals surface area contributed by atoms with Crippen molar-refractivity contribution in [2.45, 2.75) is 26.8 Å². The molecule has 2 aromatic carbocycles. The number of carbonyl (C=O) groups excluding carboxylic acids is 1. The first kappa shape index (κ1) is 14.3. The van der Waals surface area contributed by atoms with Gasteiger partial charge in [-0.2, -0.15) is 0 Å². The van der Waals surface area contributed by atoms with Gasteiger partial charge in [0.2, 0.25) is 5.91 Å². The second-order valence-electron chi connectivity index (χ2n) is 5.55. The highest BCUT2D eigenvalue weighted by atomic mass is 16.1. The predicted molar refractivity (Wildman–Crippen MR) is 87.6 cm³/mol. The molecular weight excluding hydrogens is 274 g/mol. The highest BCUT2D eigenvalue weighted by Gasteiger charge is 2.06. The fraction of sp³-hybridized carbons (Fsp3) is 0.222. The zero-order valence-electron chi connectivity index (χ0n) is 12.8. The molecule has 4 nitrogen and oxygen atoms in total. The van der Waals surface area contributed by atoms with Crippen LogP contribution in [0.5, 0.6) is 0 Å². The molecule has 3 rings (SSSR count). The van der Waals surface area contributed by atoms with E-state index in [-0.39, 0.29) is 5.91 Å². The van der Waals surface area contributed by atoms with Crippen LogP contribution in [0.4, 0.5) is 0 Å². The van der Waals surface area contributed by atoms with Gasteiger partial charge in [-0.15, -0.1) is 0 Å². The molecular formula is C18H19N3O. The molecule has 1 amide bonds. The van der Waals surface area contributed by atoms with Crippen molar-refractivity contribution in [3.05, 3.63) is 65.0 Å². The van der Waals surface area contributed by atoms with Gasteiger partial charge in [0.25, 0.3) is 0 Å². The number of hydrogen-bond acceptors (Lipinski definition) is 2. The van der Waals surface area contributed by atoms with Crippen LogP contribution in [-0.4, -0.2) is 15.9 Å². The highest BCUT2D eigenvalue weighted by molar-refractivity contribution is 5.81. The number of nitrogens with one attached hydrogen (secondary N) is 2. The lowest BCUT2D eigenvalue weighted by Gasteiger charge is -2.08. The van der Waals surface area contributed by atoms with Gasteiger partial charge in [-0.1, -0.05) is 30.3 Å². The number of H-pyrrole nitrogens is 1. The number of imidazole rings is 1. The summed E-state index contributed by atoms with van der Waals surface area (Å²) in [6.07, 6.45) is 0.375. The van der Waals surface area contributed by atoms with Gasteiger partial charge in [0.15, 0.2) is 0 Å². The van der Waals surface area contributed by atoms with Crippen molar-refractivity contribution in [2.75, 3.05) is 0 Å². The van der Waals surface area contributed by atoms with E-state index in [0.29, 0.717) is 13.0 Å². The molecule has 0 unspecified atom stereocenters. The number of benzene rings is 2. The second-order valence-corrected chi connectivity index (χ2v) is 5.55. The van der Waals surface area contributed by atoms with E-state index in [9.17, 15) is 4.79 Å². The Hall–Kier alpha value is -2.62. The van der Waals surface area contributed by atoms with E-state index < -0.39 is 0 Å². The number of aromatic amines is 1. The Balaban J connectivity index is 1.64. The van der Waals surface area contributed by atoms with Crippen molar-refractivity contribution in [2.24, 2.45) is 0 Å². The molecule has 1 heterocycles. The molecule has 112 valence electrons. The standard InChI is InChI=1S/C18H19N3O/c1-12-5-3-4-6-15(12)11-19-18(22)10-14-7-8-16-17(9-14)21-13(2)20-16/h3-9H,10-11H2,1-2H3,(H,19,22)(H,20,21). The fourth-order valence-corrected chi connectivity index (χ4v) is 2.54. The largest absolute Gasteiger partial charge is 0.352 e. The quantitative estimate of drug-likeness (QED) is 0.777. The van der Waals surface area contributed by atoms with Gasteiger partial charge in [0.05, 0.1) is 17.5 Å². The van der Waals surface area contributed by atoms with Crippen LogP contribution in [0, 0.1) is 13.8 Å².